The van der Waals surface area contributed by atoms with Crippen LogP contribution in [0.25, 0.3) is 0 Å². The zero-order valence-electron chi connectivity index (χ0n) is 46.4. The Morgan fingerprint density at radius 1 is 0.443 bits per heavy atom. The van der Waals surface area contributed by atoms with E-state index >= 15 is 0 Å². The van der Waals surface area contributed by atoms with Crippen LogP contribution >= 0.6 is 0 Å². The molecule has 0 saturated heterocycles. The van der Waals surface area contributed by atoms with Gasteiger partial charge in [-0.2, -0.15) is 0 Å². The molecule has 406 valence electrons. The molecule has 0 radical (unpaired) electrons. The van der Waals surface area contributed by atoms with Crippen LogP contribution in [0.3, 0.4) is 0 Å². The molecule has 0 fully saturated rings. The van der Waals surface area contributed by atoms with Gasteiger partial charge >= 0.3 is 11.9 Å². The molecule has 0 aromatic heterocycles. The van der Waals surface area contributed by atoms with E-state index in [1.165, 1.54) is 167 Å². The highest BCUT2D eigenvalue weighted by molar-refractivity contribution is 5.70. The molecule has 0 amide bonds. The first-order valence-corrected chi connectivity index (χ1v) is 29.3. The fourth-order valence-corrected chi connectivity index (χ4v) is 8.65. The quantitative estimate of drug-likeness (QED) is 0.0259. The number of likely N-dealkylation sites (N-methyl/N-ethyl adjacent to an activating group) is 1. The number of aliphatic carboxylic acids is 1. The van der Waals surface area contributed by atoms with Crippen LogP contribution < -0.4 is 5.11 Å². The van der Waals surface area contributed by atoms with Crippen LogP contribution in [-0.2, 0) is 28.6 Å². The minimum atomic E-state index is -1.12. The number of nitrogens with zero attached hydrogens (tertiary/aromatic N) is 1. The van der Waals surface area contributed by atoms with E-state index in [1.54, 1.807) is 0 Å². The average Bonchev–Trinajstić information content (AvgIpc) is 3.33. The monoisotopic (exact) mass is 982 g/mol. The maximum Gasteiger partial charge on any atom is 0.306 e. The third-order valence-corrected chi connectivity index (χ3v) is 13.1. The zero-order chi connectivity index (χ0) is 51.3. The van der Waals surface area contributed by atoms with Crippen LogP contribution in [0.2, 0.25) is 0 Å². The van der Waals surface area contributed by atoms with Crippen molar-refractivity contribution in [1.82, 2.24) is 0 Å². The fourth-order valence-electron chi connectivity index (χ4n) is 8.65. The van der Waals surface area contributed by atoms with Gasteiger partial charge in [-0.1, -0.05) is 229 Å². The summed E-state index contributed by atoms with van der Waals surface area (Å²) in [5.41, 5.74) is 0. The Hall–Kier alpha value is -2.97. The molecule has 0 rings (SSSR count). The van der Waals surface area contributed by atoms with Gasteiger partial charge in [-0.25, -0.2) is 0 Å². The topological polar surface area (TPSA) is 102 Å². The molecule has 0 aliphatic heterocycles. The maximum atomic E-state index is 12.8. The van der Waals surface area contributed by atoms with Crippen LogP contribution in [0.15, 0.2) is 60.8 Å². The van der Waals surface area contributed by atoms with Crippen molar-refractivity contribution in [3.8, 4) is 0 Å². The van der Waals surface area contributed by atoms with Gasteiger partial charge in [-0.15, -0.1) is 0 Å². The number of allylic oxidation sites excluding steroid dienone is 10. The van der Waals surface area contributed by atoms with Gasteiger partial charge in [0.25, 0.3) is 0 Å². The number of carbonyl (C=O) groups excluding carboxylic acids is 3. The van der Waals surface area contributed by atoms with E-state index in [2.05, 4.69) is 74.6 Å². The molecule has 0 aliphatic rings. The first-order valence-electron chi connectivity index (χ1n) is 29.3. The lowest BCUT2D eigenvalue weighted by Gasteiger charge is -2.34. The smallest absolute Gasteiger partial charge is 0.306 e. The zero-order valence-corrected chi connectivity index (χ0v) is 46.4. The van der Waals surface area contributed by atoms with Gasteiger partial charge in [0, 0.05) is 19.3 Å². The Morgan fingerprint density at radius 3 is 1.20 bits per heavy atom. The van der Waals surface area contributed by atoms with Gasteiger partial charge in [0.15, 0.2) is 6.10 Å². The highest BCUT2D eigenvalue weighted by atomic mass is 16.6. The molecule has 0 aromatic carbocycles. The molecule has 0 aromatic rings. The molecule has 0 saturated carbocycles. The third kappa shape index (κ3) is 50.0. The van der Waals surface area contributed by atoms with Gasteiger partial charge in [0.2, 0.25) is 0 Å². The maximum absolute atomic E-state index is 12.8. The van der Waals surface area contributed by atoms with E-state index in [0.29, 0.717) is 12.8 Å². The molecule has 0 heterocycles. The Labute approximate surface area is 432 Å². The molecule has 0 N–H and O–H groups in total. The van der Waals surface area contributed by atoms with E-state index in [0.717, 1.165) is 64.2 Å². The summed E-state index contributed by atoms with van der Waals surface area (Å²) in [6.07, 6.45) is 66.9. The van der Waals surface area contributed by atoms with Crippen molar-refractivity contribution in [3.05, 3.63) is 60.8 Å². The van der Waals surface area contributed by atoms with Crippen molar-refractivity contribution in [3.63, 3.8) is 0 Å². The SMILES string of the molecule is CC/C=C/C/C=C/C/C=C/C/C=C/CCCCCCCCCCCCC(=O)OCC(COCCC(C(=O)[O-])[N+](C)(C)C)OC(=O)CCCCCCCCC/C=C/CCCCCCCCCCCCCC. The van der Waals surface area contributed by atoms with E-state index in [-0.39, 0.29) is 42.7 Å². The number of ether oxygens (including phenoxy) is 3. The summed E-state index contributed by atoms with van der Waals surface area (Å²) in [5.74, 6) is -1.74. The number of unbranched alkanes of at least 4 members (excludes halogenated alkanes) is 29. The molecule has 8 heteroatoms. The van der Waals surface area contributed by atoms with Crippen LogP contribution in [-0.4, -0.2) is 75.5 Å². The summed E-state index contributed by atoms with van der Waals surface area (Å²) in [5, 5.41) is 11.7. The summed E-state index contributed by atoms with van der Waals surface area (Å²) in [4.78, 5) is 37.2. The summed E-state index contributed by atoms with van der Waals surface area (Å²) >= 11 is 0. The number of carbonyl (C=O) groups is 3. The predicted octanol–water partition coefficient (Wildman–Crippen LogP) is 16.3. The summed E-state index contributed by atoms with van der Waals surface area (Å²) in [6.45, 7) is 4.58. The van der Waals surface area contributed by atoms with Crippen LogP contribution in [0.5, 0.6) is 0 Å². The van der Waals surface area contributed by atoms with Crippen molar-refractivity contribution in [2.45, 2.75) is 276 Å². The summed E-state index contributed by atoms with van der Waals surface area (Å²) < 4.78 is 17.3. The van der Waals surface area contributed by atoms with Gasteiger partial charge in [-0.05, 0) is 77.0 Å². The van der Waals surface area contributed by atoms with E-state index < -0.39 is 18.1 Å². The molecular weight excluding hydrogens is 871 g/mol. The molecule has 0 spiro atoms. The van der Waals surface area contributed by atoms with Crippen molar-refractivity contribution in [2.24, 2.45) is 0 Å². The van der Waals surface area contributed by atoms with Gasteiger partial charge in [-0.3, -0.25) is 9.59 Å². The molecule has 70 heavy (non-hydrogen) atoms. The Bertz CT molecular complexity index is 1330. The average molecular weight is 983 g/mol. The summed E-state index contributed by atoms with van der Waals surface area (Å²) in [6, 6.07) is -0.730. The number of esters is 2. The molecule has 2 unspecified atom stereocenters. The number of quaternary nitrogens is 1. The van der Waals surface area contributed by atoms with Gasteiger partial charge in [0.05, 0.1) is 40.3 Å². The first kappa shape index (κ1) is 67.0. The number of carboxylic acid groups (broad SMARTS) is 1. The second-order valence-electron chi connectivity index (χ2n) is 20.8. The first-order chi connectivity index (χ1) is 34.1. The highest BCUT2D eigenvalue weighted by Gasteiger charge is 2.25. The second-order valence-corrected chi connectivity index (χ2v) is 20.8. The highest BCUT2D eigenvalue weighted by Crippen LogP contribution is 2.16. The van der Waals surface area contributed by atoms with Gasteiger partial charge < -0.3 is 28.6 Å². The summed E-state index contributed by atoms with van der Waals surface area (Å²) in [7, 11) is 5.42. The number of rotatable bonds is 53. The fraction of sp³-hybridized carbons (Fsp3) is 0.790. The van der Waals surface area contributed by atoms with Gasteiger partial charge in [0.1, 0.15) is 12.6 Å². The largest absolute Gasteiger partial charge is 0.544 e. The molecular formula is C62H111NO7. The molecule has 0 bridgehead atoms. The van der Waals surface area contributed by atoms with E-state index in [1.807, 2.05) is 21.1 Å². The Balaban J connectivity index is 4.17. The van der Waals surface area contributed by atoms with Crippen molar-refractivity contribution < 1.29 is 38.2 Å². The van der Waals surface area contributed by atoms with Crippen LogP contribution in [0, 0.1) is 0 Å². The van der Waals surface area contributed by atoms with E-state index in [9.17, 15) is 19.5 Å². The lowest BCUT2D eigenvalue weighted by atomic mass is 10.0. The molecule has 0 aliphatic carbocycles. The number of carboxylic acids is 1. The molecule has 8 nitrogen and oxygen atoms in total. The van der Waals surface area contributed by atoms with Crippen molar-refractivity contribution in [2.75, 3.05) is 41.0 Å². The van der Waals surface area contributed by atoms with Crippen molar-refractivity contribution >= 4 is 17.9 Å². The Kier molecular flexibility index (Phi) is 50.1. The van der Waals surface area contributed by atoms with Crippen molar-refractivity contribution in [1.29, 1.82) is 0 Å². The number of hydrogen-bond acceptors (Lipinski definition) is 7. The Morgan fingerprint density at radius 2 is 0.800 bits per heavy atom. The standard InChI is InChI=1S/C62H111NO7/c1-6-8-10-12-14-16-18-20-22-24-26-28-30-32-34-36-38-40-42-44-46-48-50-52-60(64)69-57-58(56-68-55-54-59(62(66)67)63(3,4)5)70-61(65)53-51-49-47-45-43-41-39-37-35-33-31-29-27-25-23-21-19-17-15-13-11-9-7-2/h8,10,14,16,20,22,26,28,33,35,58-59H,6-7,9,11-13,15,17-19,21,23-25,27,29-32,34,36-57H2,1-5H3/b10-8+,16-14+,22-20+,28-26+,35-33+. The second kappa shape index (κ2) is 52.4. The minimum absolute atomic E-state index is 0.0375. The lowest BCUT2D eigenvalue weighted by Crippen LogP contribution is -2.55. The predicted molar refractivity (Wildman–Crippen MR) is 296 cm³/mol. The number of hydrogen-bond donors (Lipinski definition) is 0. The minimum Gasteiger partial charge on any atom is -0.544 e. The normalized spacial score (nSPS) is 13.2. The van der Waals surface area contributed by atoms with Crippen LogP contribution in [0.4, 0.5) is 0 Å². The lowest BCUT2D eigenvalue weighted by molar-refractivity contribution is -0.889. The third-order valence-electron chi connectivity index (χ3n) is 13.1. The van der Waals surface area contributed by atoms with E-state index in [4.69, 9.17) is 14.2 Å². The molecule has 2 atom stereocenters. The van der Waals surface area contributed by atoms with Crippen LogP contribution in [0.1, 0.15) is 264 Å².